The number of sulfone groups is 1. The minimum Gasteiger partial charge on any atom is -0.368 e. The summed E-state index contributed by atoms with van der Waals surface area (Å²) in [5, 5.41) is 0. The van der Waals surface area contributed by atoms with Crippen molar-refractivity contribution in [1.82, 2.24) is 4.90 Å². The van der Waals surface area contributed by atoms with E-state index < -0.39 is 27.3 Å². The number of piperazine rings is 1. The maximum absolute atomic E-state index is 13.1. The number of halogens is 4. The van der Waals surface area contributed by atoms with Gasteiger partial charge in [-0.25, -0.2) is 8.42 Å². The van der Waals surface area contributed by atoms with Crippen LogP contribution in [0.15, 0.2) is 45.8 Å². The van der Waals surface area contributed by atoms with Gasteiger partial charge in [-0.15, -0.1) is 0 Å². The highest BCUT2D eigenvalue weighted by atomic mass is 79.9. The summed E-state index contributed by atoms with van der Waals surface area (Å²) in [6.07, 6.45) is -3.69. The summed E-state index contributed by atoms with van der Waals surface area (Å²) in [5.74, 6) is -0.796. The first kappa shape index (κ1) is 27.4. The van der Waals surface area contributed by atoms with Gasteiger partial charge in [0.05, 0.1) is 16.2 Å². The molecule has 0 aromatic heterocycles. The zero-order valence-electron chi connectivity index (χ0n) is 20.2. The number of nitrogens with zero attached hydrogens (tertiary/aromatic N) is 3. The molecule has 0 bridgehead atoms. The van der Waals surface area contributed by atoms with Crippen LogP contribution >= 0.6 is 15.9 Å². The molecule has 4 rings (SSSR count). The normalized spacial score (nSPS) is 16.2. The molecule has 0 N–H and O–H groups in total. The molecule has 0 saturated carbocycles. The van der Waals surface area contributed by atoms with Crippen LogP contribution in [0.5, 0.6) is 0 Å². The second-order valence-electron chi connectivity index (χ2n) is 9.05. The Labute approximate surface area is 222 Å². The monoisotopic (exact) mass is 601 g/mol. The van der Waals surface area contributed by atoms with Gasteiger partial charge in [-0.1, -0.05) is 13.0 Å². The number of rotatable bonds is 6. The molecule has 0 radical (unpaired) electrons. The fraction of sp³-hybridized carbons (Fsp3) is 0.440. The fourth-order valence-electron chi connectivity index (χ4n) is 4.66. The molecule has 0 unspecified atom stereocenters. The van der Waals surface area contributed by atoms with Gasteiger partial charge in [-0.3, -0.25) is 9.59 Å². The van der Waals surface area contributed by atoms with Crippen molar-refractivity contribution in [3.63, 3.8) is 0 Å². The van der Waals surface area contributed by atoms with E-state index in [1.165, 1.54) is 12.1 Å². The Balaban J connectivity index is 1.38. The molecule has 1 saturated heterocycles. The highest BCUT2D eigenvalue weighted by Crippen LogP contribution is 2.36. The lowest BCUT2D eigenvalue weighted by Gasteiger charge is -2.36. The van der Waals surface area contributed by atoms with Crippen molar-refractivity contribution in [2.24, 2.45) is 0 Å². The number of fused-ring (bicyclic) bond motifs is 1. The van der Waals surface area contributed by atoms with E-state index in [0.29, 0.717) is 48.3 Å². The molecule has 37 heavy (non-hydrogen) atoms. The average Bonchev–Trinajstić information content (AvgIpc) is 3.28. The third-order valence-electron chi connectivity index (χ3n) is 6.72. The van der Waals surface area contributed by atoms with E-state index in [1.54, 1.807) is 33.8 Å². The number of hydrogen-bond acceptors (Lipinski definition) is 5. The van der Waals surface area contributed by atoms with Crippen molar-refractivity contribution < 1.29 is 31.2 Å². The minimum absolute atomic E-state index is 0.0456. The molecule has 2 aliphatic heterocycles. The van der Waals surface area contributed by atoms with Crippen molar-refractivity contribution >= 4 is 49.0 Å². The molecule has 2 aliphatic rings. The molecule has 0 aliphatic carbocycles. The van der Waals surface area contributed by atoms with Crippen LogP contribution in [0.25, 0.3) is 0 Å². The van der Waals surface area contributed by atoms with Crippen LogP contribution in [0, 0.1) is 0 Å². The first-order chi connectivity index (χ1) is 17.4. The minimum atomic E-state index is -4.43. The molecular formula is C25H27BrF3N3O4S. The number of carbonyl (C=O) groups is 2. The first-order valence-corrected chi connectivity index (χ1v) is 14.4. The molecule has 7 nitrogen and oxygen atoms in total. The molecule has 2 heterocycles. The van der Waals surface area contributed by atoms with E-state index in [2.05, 4.69) is 15.9 Å². The lowest BCUT2D eigenvalue weighted by atomic mass is 10.1. The molecule has 2 aromatic carbocycles. The molecule has 1 fully saturated rings. The molecular weight excluding hydrogens is 575 g/mol. The van der Waals surface area contributed by atoms with Gasteiger partial charge in [0.2, 0.25) is 11.8 Å². The smallest absolute Gasteiger partial charge is 0.368 e. The predicted octanol–water partition coefficient (Wildman–Crippen LogP) is 4.28. The molecule has 2 aromatic rings. The number of benzene rings is 2. The summed E-state index contributed by atoms with van der Waals surface area (Å²) < 4.78 is 65.7. The number of alkyl halides is 3. The summed E-state index contributed by atoms with van der Waals surface area (Å²) in [4.78, 5) is 30.0. The highest BCUT2D eigenvalue weighted by molar-refractivity contribution is 9.10. The van der Waals surface area contributed by atoms with Crippen LogP contribution in [-0.2, 0) is 32.0 Å². The van der Waals surface area contributed by atoms with Crippen LogP contribution in [0.4, 0.5) is 24.5 Å². The average molecular weight is 602 g/mol. The topological polar surface area (TPSA) is 78.0 Å². The Morgan fingerprint density at radius 1 is 1.00 bits per heavy atom. The third-order valence-corrected chi connectivity index (χ3v) is 9.39. The van der Waals surface area contributed by atoms with Crippen molar-refractivity contribution in [1.29, 1.82) is 0 Å². The lowest BCUT2D eigenvalue weighted by Crippen LogP contribution is -2.49. The third kappa shape index (κ3) is 5.95. The van der Waals surface area contributed by atoms with E-state index in [9.17, 15) is 31.2 Å². The van der Waals surface area contributed by atoms with Gasteiger partial charge in [0.15, 0.2) is 9.84 Å². The maximum Gasteiger partial charge on any atom is 0.416 e. The van der Waals surface area contributed by atoms with E-state index in [-0.39, 0.29) is 36.2 Å². The first-order valence-electron chi connectivity index (χ1n) is 12.0. The van der Waals surface area contributed by atoms with E-state index in [4.69, 9.17) is 0 Å². The van der Waals surface area contributed by atoms with Crippen LogP contribution < -0.4 is 9.80 Å². The van der Waals surface area contributed by atoms with Gasteiger partial charge in [0.25, 0.3) is 0 Å². The standard InChI is InChI=1S/C25H27BrF3N3O4S/c1-2-23(33)32-8-6-17-14-20(26)22(16-21(17)32)37(35,36)13-7-24(34)31-11-9-30(10-12-31)19-5-3-4-18(15-19)25(27,28)29/h3-5,14-16H,2,6-13H2,1H3. The van der Waals surface area contributed by atoms with E-state index in [0.717, 1.165) is 17.7 Å². The number of carbonyl (C=O) groups excluding carboxylic acids is 2. The zero-order chi connectivity index (χ0) is 27.0. The number of hydrogen-bond donors (Lipinski definition) is 0. The summed E-state index contributed by atoms with van der Waals surface area (Å²) in [5.41, 5.74) is 1.18. The van der Waals surface area contributed by atoms with Gasteiger partial charge in [-0.05, 0) is 58.2 Å². The Morgan fingerprint density at radius 2 is 1.70 bits per heavy atom. The van der Waals surface area contributed by atoms with Crippen molar-refractivity contribution in [2.75, 3.05) is 48.3 Å². The Bertz CT molecular complexity index is 1310. The molecule has 200 valence electrons. The maximum atomic E-state index is 13.1. The van der Waals surface area contributed by atoms with Crippen molar-refractivity contribution in [3.05, 3.63) is 52.0 Å². The van der Waals surface area contributed by atoms with Crippen molar-refractivity contribution in [2.45, 2.75) is 37.3 Å². The highest BCUT2D eigenvalue weighted by Gasteiger charge is 2.32. The summed E-state index contributed by atoms with van der Waals surface area (Å²) in [7, 11) is -3.82. The predicted molar refractivity (Wildman–Crippen MR) is 137 cm³/mol. The second-order valence-corrected chi connectivity index (χ2v) is 12.0. The largest absolute Gasteiger partial charge is 0.416 e. The zero-order valence-corrected chi connectivity index (χ0v) is 22.6. The number of amides is 2. The Kier molecular flexibility index (Phi) is 7.89. The van der Waals surface area contributed by atoms with Gasteiger partial charge in [0, 0.05) is 61.4 Å². The summed E-state index contributed by atoms with van der Waals surface area (Å²) in [6, 6.07) is 8.29. The fourth-order valence-corrected chi connectivity index (χ4v) is 7.10. The van der Waals surface area contributed by atoms with E-state index in [1.807, 2.05) is 0 Å². The molecule has 0 spiro atoms. The van der Waals surface area contributed by atoms with Crippen LogP contribution in [-0.4, -0.2) is 63.6 Å². The van der Waals surface area contributed by atoms with E-state index >= 15 is 0 Å². The summed E-state index contributed by atoms with van der Waals surface area (Å²) >= 11 is 3.34. The van der Waals surface area contributed by atoms with Crippen LogP contribution in [0.3, 0.4) is 0 Å². The van der Waals surface area contributed by atoms with Gasteiger partial charge in [0.1, 0.15) is 0 Å². The quantitative estimate of drug-likeness (QED) is 0.494. The molecule has 0 atom stereocenters. The molecule has 12 heteroatoms. The van der Waals surface area contributed by atoms with Crippen LogP contribution in [0.2, 0.25) is 0 Å². The Morgan fingerprint density at radius 3 is 2.35 bits per heavy atom. The van der Waals surface area contributed by atoms with Gasteiger partial charge in [-0.2, -0.15) is 13.2 Å². The molecule has 2 amide bonds. The lowest BCUT2D eigenvalue weighted by molar-refractivity contribution is -0.137. The van der Waals surface area contributed by atoms with Crippen molar-refractivity contribution in [3.8, 4) is 0 Å². The second kappa shape index (κ2) is 10.6. The SMILES string of the molecule is CCC(=O)N1CCc2cc(Br)c(S(=O)(=O)CCC(=O)N3CCN(c4cccc(C(F)(F)F)c4)CC3)cc21. The number of anilines is 2. The summed E-state index contributed by atoms with van der Waals surface area (Å²) in [6.45, 7) is 3.51. The Hall–Kier alpha value is -2.60. The van der Waals surface area contributed by atoms with Crippen LogP contribution in [0.1, 0.15) is 30.9 Å². The van der Waals surface area contributed by atoms with Gasteiger partial charge >= 0.3 is 6.18 Å². The van der Waals surface area contributed by atoms with Gasteiger partial charge < -0.3 is 14.7 Å².